The highest BCUT2D eigenvalue weighted by Crippen LogP contribution is 2.41. The molecule has 4 heterocycles. The number of likely N-dealkylation sites (N-methyl/N-ethyl adjacent to an activating group) is 2. The molecule has 3 N–H and O–H groups in total. The first-order valence-electron chi connectivity index (χ1n) is 15.7. The molecule has 10 heteroatoms. The van der Waals surface area contributed by atoms with Gasteiger partial charge in [-0.25, -0.2) is 4.98 Å². The number of rotatable bonds is 7. The topological polar surface area (TPSA) is 110 Å². The Labute approximate surface area is 260 Å². The lowest BCUT2D eigenvalue weighted by Crippen LogP contribution is -2.53. The van der Waals surface area contributed by atoms with Crippen LogP contribution in [0.3, 0.4) is 0 Å². The zero-order chi connectivity index (χ0) is 30.8. The summed E-state index contributed by atoms with van der Waals surface area (Å²) >= 11 is 0. The number of hydrogen-bond donors (Lipinski definition) is 2. The monoisotopic (exact) mass is 596 g/mol. The first kappa shape index (κ1) is 30.0. The van der Waals surface area contributed by atoms with Crippen LogP contribution in [0.1, 0.15) is 47.2 Å². The summed E-state index contributed by atoms with van der Waals surface area (Å²) in [7, 11) is 4.07. The second-order valence-corrected chi connectivity index (χ2v) is 12.9. The van der Waals surface area contributed by atoms with E-state index in [0.717, 1.165) is 38.3 Å². The van der Waals surface area contributed by atoms with E-state index < -0.39 is 5.41 Å². The van der Waals surface area contributed by atoms with Crippen LogP contribution in [0, 0.1) is 5.41 Å². The number of carbonyl (C=O) groups is 2. The number of carbonyl (C=O) groups excluding carboxylic acids is 2. The minimum Gasteiger partial charge on any atom is -0.383 e. The van der Waals surface area contributed by atoms with Crippen molar-refractivity contribution in [3.63, 3.8) is 0 Å². The standard InChI is InChI=1S/C34H44N8O2/c1-24-18-34(23-41-15-13-39(2)14-16-41,11-9-29(24)25-7-5-4-6-8-25)33(44)42-12-10-28(22-42)38-32(43)30-17-26(19-36-31(30)35)27-20-37-40(3)21-27/h4-9,11,17,19-20,27-28H,10,12-16,18,21-23H2,1-3H3,(H2,35,36)(H,38,43)/t27?,28-,34?/m1/s1. The highest BCUT2D eigenvalue weighted by molar-refractivity contribution is 5.99. The molecule has 1 aromatic heterocycles. The molecule has 44 heavy (non-hydrogen) atoms. The number of hydrogen-bond acceptors (Lipinski definition) is 8. The summed E-state index contributed by atoms with van der Waals surface area (Å²) in [6.07, 6.45) is 9.29. The number of piperazine rings is 1. The highest BCUT2D eigenvalue weighted by atomic mass is 16.2. The number of pyridine rings is 1. The van der Waals surface area contributed by atoms with Gasteiger partial charge in [0, 0.05) is 83.8 Å². The van der Waals surface area contributed by atoms with Gasteiger partial charge in [-0.05, 0) is 49.6 Å². The molecule has 3 aliphatic heterocycles. The van der Waals surface area contributed by atoms with Gasteiger partial charge in [0.05, 0.1) is 11.0 Å². The van der Waals surface area contributed by atoms with E-state index in [-0.39, 0.29) is 29.6 Å². The Kier molecular flexibility index (Phi) is 8.55. The Hall–Kier alpha value is -4.02. The molecule has 4 aliphatic rings. The molecular weight excluding hydrogens is 552 g/mol. The second-order valence-electron chi connectivity index (χ2n) is 12.9. The van der Waals surface area contributed by atoms with Gasteiger partial charge in [-0.3, -0.25) is 19.5 Å². The number of nitrogens with one attached hydrogen (secondary N) is 1. The molecule has 0 radical (unpaired) electrons. The number of hydrazone groups is 1. The van der Waals surface area contributed by atoms with Gasteiger partial charge >= 0.3 is 0 Å². The average Bonchev–Trinajstić information content (AvgIpc) is 3.67. The van der Waals surface area contributed by atoms with Crippen molar-refractivity contribution in [1.29, 1.82) is 0 Å². The highest BCUT2D eigenvalue weighted by Gasteiger charge is 2.44. The molecule has 0 spiro atoms. The van der Waals surface area contributed by atoms with Gasteiger partial charge < -0.3 is 20.9 Å². The van der Waals surface area contributed by atoms with E-state index in [0.29, 0.717) is 38.0 Å². The van der Waals surface area contributed by atoms with Crippen molar-refractivity contribution >= 4 is 29.4 Å². The first-order valence-corrected chi connectivity index (χ1v) is 15.7. The van der Waals surface area contributed by atoms with Crippen molar-refractivity contribution in [2.45, 2.75) is 31.7 Å². The number of nitrogens with zero attached hydrogens (tertiary/aromatic N) is 6. The van der Waals surface area contributed by atoms with Crippen LogP contribution in [0.15, 0.2) is 65.4 Å². The third-order valence-corrected chi connectivity index (χ3v) is 9.55. The van der Waals surface area contributed by atoms with Crippen LogP contribution in [0.25, 0.3) is 5.57 Å². The maximum absolute atomic E-state index is 14.5. The quantitative estimate of drug-likeness (QED) is 0.506. The summed E-state index contributed by atoms with van der Waals surface area (Å²) in [4.78, 5) is 38.9. The summed E-state index contributed by atoms with van der Waals surface area (Å²) in [6, 6.07) is 12.1. The largest absolute Gasteiger partial charge is 0.383 e. The summed E-state index contributed by atoms with van der Waals surface area (Å²) in [6.45, 7) is 8.56. The number of amides is 2. The lowest BCUT2D eigenvalue weighted by atomic mass is 9.74. The van der Waals surface area contributed by atoms with E-state index in [1.807, 2.05) is 35.3 Å². The Bertz CT molecular complexity index is 1480. The zero-order valence-corrected chi connectivity index (χ0v) is 26.1. The van der Waals surface area contributed by atoms with E-state index in [1.165, 1.54) is 16.7 Å². The number of benzene rings is 1. The fourth-order valence-electron chi connectivity index (χ4n) is 6.98. The molecule has 6 rings (SSSR count). The van der Waals surface area contributed by atoms with E-state index in [4.69, 9.17) is 5.73 Å². The van der Waals surface area contributed by atoms with Gasteiger partial charge in [0.1, 0.15) is 5.82 Å². The van der Waals surface area contributed by atoms with Crippen LogP contribution in [0.2, 0.25) is 0 Å². The van der Waals surface area contributed by atoms with Crippen LogP contribution >= 0.6 is 0 Å². The molecule has 1 aliphatic carbocycles. The number of nitrogens with two attached hydrogens (primary N) is 1. The Morgan fingerprint density at radius 1 is 1.07 bits per heavy atom. The normalized spacial score (nSPS) is 26.1. The first-order chi connectivity index (χ1) is 21.2. The van der Waals surface area contributed by atoms with Gasteiger partial charge in [0.2, 0.25) is 5.91 Å². The lowest BCUT2D eigenvalue weighted by Gasteiger charge is -2.42. The van der Waals surface area contributed by atoms with Crippen molar-refractivity contribution in [3.8, 4) is 0 Å². The molecule has 1 aromatic carbocycles. The van der Waals surface area contributed by atoms with E-state index in [9.17, 15) is 9.59 Å². The minimum absolute atomic E-state index is 0.0687. The van der Waals surface area contributed by atoms with Crippen LogP contribution in [0.4, 0.5) is 5.82 Å². The average molecular weight is 597 g/mol. The SMILES string of the molecule is CC1=C(c2ccccc2)C=CC(CN2CCN(C)CC2)(C(=O)N2CC[C@@H](NC(=O)c3cc(C4C=NN(C)C4)cnc3N)C2)C1. The van der Waals surface area contributed by atoms with Crippen molar-refractivity contribution in [1.82, 2.24) is 30.0 Å². The van der Waals surface area contributed by atoms with Crippen molar-refractivity contribution in [2.75, 3.05) is 72.2 Å². The number of allylic oxidation sites excluding steroid dienone is 3. The Morgan fingerprint density at radius 3 is 2.55 bits per heavy atom. The van der Waals surface area contributed by atoms with Gasteiger partial charge in [-0.1, -0.05) is 48.1 Å². The Morgan fingerprint density at radius 2 is 1.84 bits per heavy atom. The lowest BCUT2D eigenvalue weighted by molar-refractivity contribution is -0.139. The van der Waals surface area contributed by atoms with Crippen molar-refractivity contribution < 1.29 is 9.59 Å². The van der Waals surface area contributed by atoms with Crippen LogP contribution in [0.5, 0.6) is 0 Å². The van der Waals surface area contributed by atoms with Gasteiger partial charge in [0.15, 0.2) is 0 Å². The summed E-state index contributed by atoms with van der Waals surface area (Å²) < 4.78 is 0. The number of anilines is 1. The molecule has 2 unspecified atom stereocenters. The molecule has 0 saturated carbocycles. The third-order valence-electron chi connectivity index (χ3n) is 9.55. The van der Waals surface area contributed by atoms with Crippen LogP contribution in [-0.4, -0.2) is 115 Å². The molecule has 2 saturated heterocycles. The maximum atomic E-state index is 14.5. The molecule has 2 aromatic rings. The second kappa shape index (κ2) is 12.5. The van der Waals surface area contributed by atoms with Crippen LogP contribution in [-0.2, 0) is 4.79 Å². The van der Waals surface area contributed by atoms with E-state index in [1.54, 1.807) is 6.20 Å². The van der Waals surface area contributed by atoms with Gasteiger partial charge in [-0.15, -0.1) is 0 Å². The minimum atomic E-state index is -0.643. The fourth-order valence-corrected chi connectivity index (χ4v) is 6.98. The predicted molar refractivity (Wildman–Crippen MR) is 174 cm³/mol. The van der Waals surface area contributed by atoms with Crippen LogP contribution < -0.4 is 11.1 Å². The van der Waals surface area contributed by atoms with E-state index in [2.05, 4.69) is 75.6 Å². The molecule has 0 bridgehead atoms. The number of aromatic nitrogens is 1. The molecule has 10 nitrogen and oxygen atoms in total. The molecule has 2 fully saturated rings. The smallest absolute Gasteiger partial charge is 0.255 e. The van der Waals surface area contributed by atoms with E-state index >= 15 is 0 Å². The Balaban J connectivity index is 1.16. The molecule has 3 atom stereocenters. The zero-order valence-electron chi connectivity index (χ0n) is 26.1. The predicted octanol–water partition coefficient (Wildman–Crippen LogP) is 2.68. The molecular formula is C34H44N8O2. The molecule has 2 amide bonds. The number of likely N-dealkylation sites (tertiary alicyclic amines) is 1. The van der Waals surface area contributed by atoms with Crippen molar-refractivity contribution in [3.05, 3.63) is 77.0 Å². The summed E-state index contributed by atoms with van der Waals surface area (Å²) in [5.41, 5.74) is 10.4. The molecule has 232 valence electrons. The summed E-state index contributed by atoms with van der Waals surface area (Å²) in [5.74, 6) is 0.161. The van der Waals surface area contributed by atoms with Crippen molar-refractivity contribution in [2.24, 2.45) is 10.5 Å². The third kappa shape index (κ3) is 6.27. The maximum Gasteiger partial charge on any atom is 0.255 e. The summed E-state index contributed by atoms with van der Waals surface area (Å²) in [5, 5.41) is 9.32. The fraction of sp³-hybridized carbons (Fsp3) is 0.471. The van der Waals surface area contributed by atoms with Gasteiger partial charge in [0.25, 0.3) is 5.91 Å². The number of nitrogen functional groups attached to an aromatic ring is 1. The van der Waals surface area contributed by atoms with Gasteiger partial charge in [-0.2, -0.15) is 5.10 Å².